The van der Waals surface area contributed by atoms with E-state index in [9.17, 15) is 14.4 Å². The number of nitrogens with zero attached hydrogens (tertiary/aromatic N) is 1. The van der Waals surface area contributed by atoms with Crippen molar-refractivity contribution in [3.8, 4) is 0 Å². The van der Waals surface area contributed by atoms with Crippen LogP contribution in [0.15, 0.2) is 96.7 Å². The first-order valence-electron chi connectivity index (χ1n) is 16.0. The molecule has 0 unspecified atom stereocenters. The molecule has 0 radical (unpaired) electrons. The molecule has 2 aliphatic heterocycles. The summed E-state index contributed by atoms with van der Waals surface area (Å²) in [4.78, 5) is 43.7. The van der Waals surface area contributed by atoms with Crippen molar-refractivity contribution in [2.24, 2.45) is 16.7 Å². The number of piperidine rings is 1. The number of esters is 1. The van der Waals surface area contributed by atoms with Crippen LogP contribution < -0.4 is 5.32 Å². The Morgan fingerprint density at radius 1 is 0.913 bits per heavy atom. The van der Waals surface area contributed by atoms with Crippen LogP contribution in [0, 0.1) is 16.7 Å². The van der Waals surface area contributed by atoms with Crippen LogP contribution in [0.1, 0.15) is 51.7 Å². The summed E-state index contributed by atoms with van der Waals surface area (Å²) in [5.41, 5.74) is 1.02. The van der Waals surface area contributed by atoms with Crippen molar-refractivity contribution in [1.82, 2.24) is 10.2 Å². The Morgan fingerprint density at radius 2 is 1.50 bits per heavy atom. The van der Waals surface area contributed by atoms with Crippen LogP contribution in [0.3, 0.4) is 0 Å². The van der Waals surface area contributed by atoms with Crippen LogP contribution in [0.5, 0.6) is 0 Å². The van der Waals surface area contributed by atoms with E-state index in [1.165, 1.54) is 7.11 Å². The number of carbonyl (C=O) groups excluding carboxylic acids is 3. The molecule has 46 heavy (non-hydrogen) atoms. The van der Waals surface area contributed by atoms with Crippen molar-refractivity contribution in [2.75, 3.05) is 7.11 Å². The van der Waals surface area contributed by atoms with Gasteiger partial charge >= 0.3 is 5.97 Å². The van der Waals surface area contributed by atoms with E-state index in [1.807, 2.05) is 97.9 Å². The Morgan fingerprint density at radius 3 is 2.13 bits per heavy atom. The van der Waals surface area contributed by atoms with Crippen LogP contribution in [-0.4, -0.2) is 42.0 Å². The summed E-state index contributed by atoms with van der Waals surface area (Å²) in [6.07, 6.45) is 1.08. The number of hydrogen-bond acceptors (Lipinski definition) is 5. The standard InChI is InChI=1S/C39H42N2O5/c1-25-39(37(44)45-5)22-30(20-35(42)40-23-28-16-10-14-26-12-6-8-18-31(26)28)36(43)41(33(39)21-34(46-25)38(2,3)4)24-29-17-11-15-27-13-7-9-19-32(27)29/h6-19,21,25,30,34H,20,22-24H2,1-5H3,(H,40,42)/t25-,30+,34-,39+/m1/s1. The van der Waals surface area contributed by atoms with Gasteiger partial charge in [0.15, 0.2) is 0 Å². The second-order valence-electron chi connectivity index (χ2n) is 13.7. The fourth-order valence-electron chi connectivity index (χ4n) is 7.14. The van der Waals surface area contributed by atoms with E-state index >= 15 is 0 Å². The molecule has 1 fully saturated rings. The van der Waals surface area contributed by atoms with Crippen molar-refractivity contribution in [3.63, 3.8) is 0 Å². The zero-order chi connectivity index (χ0) is 32.6. The van der Waals surface area contributed by atoms with Gasteiger partial charge in [-0.25, -0.2) is 0 Å². The molecule has 0 aliphatic carbocycles. The van der Waals surface area contributed by atoms with Gasteiger partial charge in [-0.2, -0.15) is 0 Å². The van der Waals surface area contributed by atoms with E-state index in [4.69, 9.17) is 9.47 Å². The van der Waals surface area contributed by atoms with E-state index in [1.54, 1.807) is 4.90 Å². The SMILES string of the molecule is COC(=O)[C@]12C[C@H](CC(=O)NCc3cccc4ccccc34)C(=O)N(Cc3cccc4ccccc34)C1=C[C@H](C(C)(C)C)O[C@@H]2C. The van der Waals surface area contributed by atoms with Gasteiger partial charge in [-0.15, -0.1) is 0 Å². The van der Waals surface area contributed by atoms with Crippen LogP contribution in [0.2, 0.25) is 0 Å². The predicted molar refractivity (Wildman–Crippen MR) is 179 cm³/mol. The van der Waals surface area contributed by atoms with Crippen molar-refractivity contribution in [2.45, 2.75) is 65.8 Å². The Balaban J connectivity index is 1.37. The smallest absolute Gasteiger partial charge is 0.320 e. The lowest BCUT2D eigenvalue weighted by molar-refractivity contribution is -0.180. The summed E-state index contributed by atoms with van der Waals surface area (Å²) < 4.78 is 12.0. The number of methoxy groups -OCH3 is 1. The Bertz CT molecular complexity index is 1830. The predicted octanol–water partition coefficient (Wildman–Crippen LogP) is 6.92. The van der Waals surface area contributed by atoms with Crippen molar-refractivity contribution >= 4 is 39.3 Å². The molecule has 2 amide bonds. The monoisotopic (exact) mass is 618 g/mol. The van der Waals surface area contributed by atoms with E-state index < -0.39 is 23.4 Å². The third-order valence-electron chi connectivity index (χ3n) is 9.68. The number of amides is 2. The second-order valence-corrected chi connectivity index (χ2v) is 13.7. The number of rotatable bonds is 7. The number of benzene rings is 4. The maximum atomic E-state index is 14.5. The van der Waals surface area contributed by atoms with E-state index in [0.717, 1.165) is 32.7 Å². The minimum absolute atomic E-state index is 0.0585. The van der Waals surface area contributed by atoms with Gasteiger partial charge in [-0.3, -0.25) is 14.4 Å². The van der Waals surface area contributed by atoms with Crippen LogP contribution in [-0.2, 0) is 36.9 Å². The van der Waals surface area contributed by atoms with E-state index in [0.29, 0.717) is 12.2 Å². The van der Waals surface area contributed by atoms with Gasteiger partial charge in [-0.1, -0.05) is 106 Å². The first-order valence-corrected chi connectivity index (χ1v) is 16.0. The fourth-order valence-corrected chi connectivity index (χ4v) is 7.14. The molecular weight excluding hydrogens is 576 g/mol. The molecule has 7 nitrogen and oxygen atoms in total. The second kappa shape index (κ2) is 12.4. The van der Waals surface area contributed by atoms with Crippen LogP contribution in [0.4, 0.5) is 0 Å². The van der Waals surface area contributed by atoms with Crippen molar-refractivity contribution < 1.29 is 23.9 Å². The summed E-state index contributed by atoms with van der Waals surface area (Å²) >= 11 is 0. The van der Waals surface area contributed by atoms with Gasteiger partial charge in [0, 0.05) is 24.6 Å². The third-order valence-corrected chi connectivity index (χ3v) is 9.68. The molecule has 238 valence electrons. The Hall–Kier alpha value is -4.49. The summed E-state index contributed by atoms with van der Waals surface area (Å²) in [5, 5.41) is 7.31. The molecule has 2 aliphatic rings. The quantitative estimate of drug-likeness (QED) is 0.227. The first kappa shape index (κ1) is 31.5. The number of likely N-dealkylation sites (tertiary alicyclic amines) is 1. The molecule has 4 aromatic rings. The zero-order valence-corrected chi connectivity index (χ0v) is 27.2. The number of fused-ring (bicyclic) bond motifs is 3. The number of ether oxygens (including phenoxy) is 2. The average Bonchev–Trinajstić information content (AvgIpc) is 3.05. The number of carbonyl (C=O) groups is 3. The lowest BCUT2D eigenvalue weighted by atomic mass is 9.65. The van der Waals surface area contributed by atoms with Crippen molar-refractivity contribution in [1.29, 1.82) is 0 Å². The topological polar surface area (TPSA) is 84.9 Å². The highest BCUT2D eigenvalue weighted by atomic mass is 16.5. The molecule has 0 spiro atoms. The van der Waals surface area contributed by atoms with E-state index in [2.05, 4.69) is 26.1 Å². The molecule has 4 aromatic carbocycles. The van der Waals surface area contributed by atoms with Crippen molar-refractivity contribution in [3.05, 3.63) is 108 Å². The normalized spacial score (nSPS) is 23.2. The van der Waals surface area contributed by atoms with Gasteiger partial charge in [-0.05, 0) is 57.5 Å². The average molecular weight is 619 g/mol. The summed E-state index contributed by atoms with van der Waals surface area (Å²) in [5.74, 6) is -1.65. The molecule has 1 saturated heterocycles. The summed E-state index contributed by atoms with van der Waals surface area (Å²) in [6, 6.07) is 28.2. The minimum atomic E-state index is -1.25. The van der Waals surface area contributed by atoms with E-state index in [-0.39, 0.29) is 42.7 Å². The highest BCUT2D eigenvalue weighted by Crippen LogP contribution is 2.52. The highest BCUT2D eigenvalue weighted by molar-refractivity contribution is 5.94. The molecule has 0 saturated carbocycles. The maximum absolute atomic E-state index is 14.5. The first-order chi connectivity index (χ1) is 22.0. The summed E-state index contributed by atoms with van der Waals surface area (Å²) in [7, 11) is 1.37. The Labute approximate surface area is 270 Å². The molecule has 0 aromatic heterocycles. The fraction of sp³-hybridized carbons (Fsp3) is 0.359. The maximum Gasteiger partial charge on any atom is 0.320 e. The van der Waals surface area contributed by atoms with Crippen LogP contribution >= 0.6 is 0 Å². The molecule has 7 heteroatoms. The number of nitrogens with one attached hydrogen (secondary N) is 1. The summed E-state index contributed by atoms with van der Waals surface area (Å²) in [6.45, 7) is 8.70. The molecule has 4 atom stereocenters. The molecule has 2 heterocycles. The molecule has 6 rings (SSSR count). The molecule has 0 bridgehead atoms. The lowest BCUT2D eigenvalue weighted by Crippen LogP contribution is -2.61. The third kappa shape index (κ3) is 5.69. The van der Waals surface area contributed by atoms with Gasteiger partial charge in [0.25, 0.3) is 0 Å². The van der Waals surface area contributed by atoms with Gasteiger partial charge in [0.05, 0.1) is 25.9 Å². The highest BCUT2D eigenvalue weighted by Gasteiger charge is 2.60. The lowest BCUT2D eigenvalue weighted by Gasteiger charge is -2.53. The Kier molecular flexibility index (Phi) is 8.47. The van der Waals surface area contributed by atoms with Gasteiger partial charge < -0.3 is 19.7 Å². The molecule has 1 N–H and O–H groups in total. The molecular formula is C39H42N2O5. The van der Waals surface area contributed by atoms with Crippen LogP contribution in [0.25, 0.3) is 21.5 Å². The minimum Gasteiger partial charge on any atom is -0.468 e. The van der Waals surface area contributed by atoms with Gasteiger partial charge in [0.2, 0.25) is 11.8 Å². The van der Waals surface area contributed by atoms with Gasteiger partial charge in [0.1, 0.15) is 5.41 Å². The number of hydrogen-bond donors (Lipinski definition) is 1. The zero-order valence-electron chi connectivity index (χ0n) is 27.2. The largest absolute Gasteiger partial charge is 0.468 e.